The molecule has 0 bridgehead atoms. The number of carbonyl (C=O) groups excluding carboxylic acids is 1. The summed E-state index contributed by atoms with van der Waals surface area (Å²) in [5, 5.41) is 10.6. The lowest BCUT2D eigenvalue weighted by Crippen LogP contribution is -2.30. The first-order valence-corrected chi connectivity index (χ1v) is 5.63. The number of thioether (sulfide) groups is 1. The molecule has 2 N–H and O–H groups in total. The molecule has 0 aliphatic heterocycles. The van der Waals surface area contributed by atoms with Crippen LogP contribution < -0.4 is 5.32 Å². The molecule has 0 spiro atoms. The minimum atomic E-state index is -4.44. The van der Waals surface area contributed by atoms with Crippen molar-refractivity contribution in [2.24, 2.45) is 0 Å². The van der Waals surface area contributed by atoms with E-state index in [1.54, 1.807) is 0 Å². The molecule has 7 heteroatoms. The monoisotopic (exact) mass is 245 g/mol. The molecule has 0 aliphatic carbocycles. The number of nitrogens with one attached hydrogen (secondary N) is 1. The molecule has 90 valence electrons. The highest BCUT2D eigenvalue weighted by Gasteiger charge is 2.30. The van der Waals surface area contributed by atoms with E-state index in [0.717, 1.165) is 5.75 Å². The zero-order chi connectivity index (χ0) is 11.7. The number of aliphatic hydroxyl groups is 1. The van der Waals surface area contributed by atoms with Crippen molar-refractivity contribution in [3.63, 3.8) is 0 Å². The van der Waals surface area contributed by atoms with Crippen molar-refractivity contribution in [3.8, 4) is 0 Å². The fourth-order valence-electron chi connectivity index (χ4n) is 0.776. The Balaban J connectivity index is 3.32. The van der Waals surface area contributed by atoms with Gasteiger partial charge in [0.05, 0.1) is 0 Å². The van der Waals surface area contributed by atoms with Crippen LogP contribution in [0.1, 0.15) is 12.8 Å². The number of hydrogen-bond acceptors (Lipinski definition) is 3. The van der Waals surface area contributed by atoms with Gasteiger partial charge in [0.15, 0.2) is 0 Å². The third kappa shape index (κ3) is 11.5. The summed E-state index contributed by atoms with van der Waals surface area (Å²) in [6.45, 7) is 0.332. The molecule has 1 amide bonds. The molecule has 0 aromatic rings. The Morgan fingerprint density at radius 3 is 2.53 bits per heavy atom. The summed E-state index contributed by atoms with van der Waals surface area (Å²) in [7, 11) is 0. The number of rotatable bonds is 7. The molecule has 0 unspecified atom stereocenters. The third-order valence-corrected chi connectivity index (χ3v) is 2.45. The largest absolute Gasteiger partial charge is 0.397 e. The molecule has 0 radical (unpaired) electrons. The van der Waals surface area contributed by atoms with E-state index in [4.69, 9.17) is 5.11 Å². The fourth-order valence-corrected chi connectivity index (χ4v) is 1.56. The second kappa shape index (κ2) is 7.81. The van der Waals surface area contributed by atoms with Gasteiger partial charge in [0.25, 0.3) is 0 Å². The van der Waals surface area contributed by atoms with E-state index < -0.39 is 18.5 Å². The van der Waals surface area contributed by atoms with Crippen molar-refractivity contribution < 1.29 is 23.1 Å². The van der Waals surface area contributed by atoms with Crippen LogP contribution in [0.4, 0.5) is 13.2 Å². The summed E-state index contributed by atoms with van der Waals surface area (Å²) in [6.07, 6.45) is -5.20. The molecule has 0 heterocycles. The second-order valence-electron chi connectivity index (χ2n) is 2.83. The van der Waals surface area contributed by atoms with Gasteiger partial charge in [-0.3, -0.25) is 4.79 Å². The molecule has 0 aromatic heterocycles. The lowest BCUT2D eigenvalue weighted by molar-refractivity contribution is -0.153. The van der Waals surface area contributed by atoms with E-state index in [2.05, 4.69) is 5.32 Å². The molecule has 3 nitrogen and oxygen atoms in total. The zero-order valence-corrected chi connectivity index (χ0v) is 8.96. The Labute approximate surface area is 90.4 Å². The van der Waals surface area contributed by atoms with Crippen LogP contribution in [0.5, 0.6) is 0 Å². The van der Waals surface area contributed by atoms with Gasteiger partial charge in [-0.15, -0.1) is 0 Å². The van der Waals surface area contributed by atoms with Crippen molar-refractivity contribution >= 4 is 17.7 Å². The maximum absolute atomic E-state index is 11.7. The van der Waals surface area contributed by atoms with Gasteiger partial charge >= 0.3 is 6.18 Å². The van der Waals surface area contributed by atoms with Crippen LogP contribution in [0.3, 0.4) is 0 Å². The number of halogens is 3. The first-order valence-electron chi connectivity index (χ1n) is 4.48. The summed E-state index contributed by atoms with van der Waals surface area (Å²) in [4.78, 5) is 10.7. The van der Waals surface area contributed by atoms with Crippen molar-refractivity contribution in [1.29, 1.82) is 0 Å². The Morgan fingerprint density at radius 2 is 2.00 bits per heavy atom. The highest BCUT2D eigenvalue weighted by Crippen LogP contribution is 2.18. The minimum absolute atomic E-state index is 0.105. The molecule has 0 saturated carbocycles. The van der Waals surface area contributed by atoms with E-state index in [-0.39, 0.29) is 13.2 Å². The topological polar surface area (TPSA) is 49.3 Å². The molecule has 0 atom stereocenters. The van der Waals surface area contributed by atoms with Gasteiger partial charge in [-0.1, -0.05) is 0 Å². The van der Waals surface area contributed by atoms with Crippen molar-refractivity contribution in [2.75, 3.05) is 24.7 Å². The molecule has 0 fully saturated rings. The van der Waals surface area contributed by atoms with E-state index in [0.29, 0.717) is 12.2 Å². The average molecular weight is 245 g/mol. The molecule has 0 saturated heterocycles. The van der Waals surface area contributed by atoms with Crippen molar-refractivity contribution in [3.05, 3.63) is 0 Å². The molecule has 15 heavy (non-hydrogen) atoms. The highest BCUT2D eigenvalue weighted by molar-refractivity contribution is 7.99. The van der Waals surface area contributed by atoms with Crippen LogP contribution in [0, 0.1) is 0 Å². The third-order valence-electron chi connectivity index (χ3n) is 1.38. The lowest BCUT2D eigenvalue weighted by Gasteiger charge is -2.07. The molecule has 0 aromatic carbocycles. The Bertz CT molecular complexity index is 187. The van der Waals surface area contributed by atoms with E-state index in [1.807, 2.05) is 0 Å². The standard InChI is InChI=1S/C8H14F3NO2S/c9-8(10,11)6-7(14)12-2-5-15-4-1-3-13/h13H,1-6H2,(H,12,14). The van der Waals surface area contributed by atoms with E-state index in [1.165, 1.54) is 11.8 Å². The summed E-state index contributed by atoms with van der Waals surface area (Å²) < 4.78 is 35.1. The minimum Gasteiger partial charge on any atom is -0.396 e. The second-order valence-corrected chi connectivity index (χ2v) is 4.06. The van der Waals surface area contributed by atoms with Crippen LogP contribution in [-0.4, -0.2) is 41.8 Å². The van der Waals surface area contributed by atoms with Gasteiger partial charge in [-0.2, -0.15) is 24.9 Å². The zero-order valence-electron chi connectivity index (χ0n) is 8.14. The van der Waals surface area contributed by atoms with Crippen LogP contribution in [-0.2, 0) is 4.79 Å². The summed E-state index contributed by atoms with van der Waals surface area (Å²) in [5.74, 6) is 0.306. The predicted molar refractivity (Wildman–Crippen MR) is 52.7 cm³/mol. The Morgan fingerprint density at radius 1 is 1.33 bits per heavy atom. The lowest BCUT2D eigenvalue weighted by atomic mass is 10.4. The Hall–Kier alpha value is -0.430. The van der Waals surface area contributed by atoms with Gasteiger partial charge < -0.3 is 10.4 Å². The molecular weight excluding hydrogens is 231 g/mol. The number of hydrogen-bond donors (Lipinski definition) is 2. The van der Waals surface area contributed by atoms with Gasteiger partial charge in [0, 0.05) is 18.9 Å². The molecule has 0 rings (SSSR count). The summed E-state index contributed by atoms with van der Waals surface area (Å²) >= 11 is 1.48. The predicted octanol–water partition coefficient (Wildman–Crippen LogP) is 1.17. The fraction of sp³-hybridized carbons (Fsp3) is 0.875. The normalized spacial score (nSPS) is 11.5. The maximum Gasteiger partial charge on any atom is 0.397 e. The first-order chi connectivity index (χ1) is 6.95. The van der Waals surface area contributed by atoms with Gasteiger partial charge in [-0.05, 0) is 12.2 Å². The van der Waals surface area contributed by atoms with E-state index >= 15 is 0 Å². The van der Waals surface area contributed by atoms with Crippen molar-refractivity contribution in [1.82, 2.24) is 5.32 Å². The molecule has 0 aliphatic rings. The number of alkyl halides is 3. The summed E-state index contributed by atoms with van der Waals surface area (Å²) in [6, 6.07) is 0. The summed E-state index contributed by atoms with van der Waals surface area (Å²) in [5.41, 5.74) is 0. The van der Waals surface area contributed by atoms with Gasteiger partial charge in [-0.25, -0.2) is 0 Å². The van der Waals surface area contributed by atoms with E-state index in [9.17, 15) is 18.0 Å². The maximum atomic E-state index is 11.7. The highest BCUT2D eigenvalue weighted by atomic mass is 32.2. The Kier molecular flexibility index (Phi) is 7.59. The quantitative estimate of drug-likeness (QED) is 0.662. The SMILES string of the molecule is O=C(CC(F)(F)F)NCCSCCCO. The van der Waals surface area contributed by atoms with Crippen LogP contribution in [0.15, 0.2) is 0 Å². The number of aliphatic hydroxyl groups excluding tert-OH is 1. The average Bonchev–Trinajstić information content (AvgIpc) is 2.08. The van der Waals surface area contributed by atoms with Crippen molar-refractivity contribution in [2.45, 2.75) is 19.0 Å². The number of amides is 1. The molecular formula is C8H14F3NO2S. The van der Waals surface area contributed by atoms with Crippen LogP contribution >= 0.6 is 11.8 Å². The number of carbonyl (C=O) groups is 1. The van der Waals surface area contributed by atoms with Gasteiger partial charge in [0.1, 0.15) is 6.42 Å². The van der Waals surface area contributed by atoms with Crippen LogP contribution in [0.2, 0.25) is 0 Å². The first kappa shape index (κ1) is 14.6. The van der Waals surface area contributed by atoms with Gasteiger partial charge in [0.2, 0.25) is 5.91 Å². The van der Waals surface area contributed by atoms with Crippen LogP contribution in [0.25, 0.3) is 0 Å². The smallest absolute Gasteiger partial charge is 0.396 e.